The molecule has 0 radical (unpaired) electrons. The van der Waals surface area contributed by atoms with E-state index in [0.717, 1.165) is 6.42 Å². The number of esters is 1. The van der Waals surface area contributed by atoms with Crippen molar-refractivity contribution in [3.05, 3.63) is 0 Å². The van der Waals surface area contributed by atoms with Crippen LogP contribution in [-0.4, -0.2) is 24.7 Å². The van der Waals surface area contributed by atoms with E-state index in [0.29, 0.717) is 13.2 Å². The molecule has 0 aromatic rings. The molecule has 0 saturated heterocycles. The van der Waals surface area contributed by atoms with Crippen molar-refractivity contribution in [2.24, 2.45) is 0 Å². The van der Waals surface area contributed by atoms with Crippen molar-refractivity contribution in [1.82, 2.24) is 0 Å². The average Bonchev–Trinajstić information content (AvgIpc) is 2.99. The van der Waals surface area contributed by atoms with Crippen LogP contribution >= 0.6 is 0 Å². The molecule has 0 aliphatic carbocycles. The summed E-state index contributed by atoms with van der Waals surface area (Å²) >= 11 is 0. The molecule has 0 amide bonds. The van der Waals surface area contributed by atoms with Gasteiger partial charge < -0.3 is 22.5 Å². The van der Waals surface area contributed by atoms with Gasteiger partial charge >= 0.3 is 5.97 Å². The zero-order chi connectivity index (χ0) is 31.5. The number of halogens is 1. The zero-order valence-corrected chi connectivity index (χ0v) is 31.6. The van der Waals surface area contributed by atoms with Crippen LogP contribution in [0, 0.1) is 0 Å². The van der Waals surface area contributed by atoms with Crippen molar-refractivity contribution in [1.29, 1.82) is 0 Å². The molecule has 0 unspecified atom stereocenters. The maximum atomic E-state index is 12.2. The third-order valence-electron chi connectivity index (χ3n) is 9.51. The van der Waals surface area contributed by atoms with Crippen LogP contribution in [0.15, 0.2) is 0 Å². The molecule has 4 heteroatoms. The summed E-state index contributed by atoms with van der Waals surface area (Å²) in [6.07, 6.45) is 44.2. The van der Waals surface area contributed by atoms with E-state index in [9.17, 15) is 4.79 Å². The van der Waals surface area contributed by atoms with Gasteiger partial charge in [-0.05, 0) is 26.7 Å². The number of ether oxygens (including phenoxy) is 1. The SMILES string of the molecule is CCCCCCCCCCCCCCCCCCOC(=O)C[NH2+]C(C)(C)CCCCCCCCCCCCCCCCC.[Cl-]. The van der Waals surface area contributed by atoms with Crippen LogP contribution in [0.3, 0.4) is 0 Å². The molecule has 0 aromatic heterocycles. The standard InChI is InChI=1S/C40H81NO2.ClH/c1-5-7-9-11-13-15-17-19-21-23-25-27-29-31-33-35-37-43-39(42)38-41-40(3,4)36-34-32-30-28-26-24-22-20-18-16-14-12-10-8-6-2;/h41H,5-38H2,1-4H3;1H. The molecule has 266 valence electrons. The Bertz CT molecular complexity index is 553. The number of carbonyl (C=O) groups excluding carboxylic acids is 1. The Balaban J connectivity index is 0. The Kier molecular flexibility index (Phi) is 38.7. The highest BCUT2D eigenvalue weighted by atomic mass is 35.5. The Morgan fingerprint density at radius 3 is 1.05 bits per heavy atom. The molecule has 0 fully saturated rings. The highest BCUT2D eigenvalue weighted by Gasteiger charge is 2.22. The van der Waals surface area contributed by atoms with E-state index >= 15 is 0 Å². The maximum absolute atomic E-state index is 12.2. The first-order valence-electron chi connectivity index (χ1n) is 20.0. The molecule has 0 spiro atoms. The zero-order valence-electron chi connectivity index (χ0n) is 30.8. The van der Waals surface area contributed by atoms with E-state index in [1.54, 1.807) is 0 Å². The molecular formula is C40H82ClNO2. The van der Waals surface area contributed by atoms with E-state index < -0.39 is 0 Å². The predicted molar refractivity (Wildman–Crippen MR) is 191 cm³/mol. The molecule has 0 atom stereocenters. The molecule has 2 N–H and O–H groups in total. The fourth-order valence-corrected chi connectivity index (χ4v) is 6.31. The van der Waals surface area contributed by atoms with Gasteiger partial charge in [0.05, 0.1) is 12.1 Å². The van der Waals surface area contributed by atoms with Crippen molar-refractivity contribution >= 4 is 5.97 Å². The Morgan fingerprint density at radius 1 is 0.455 bits per heavy atom. The van der Waals surface area contributed by atoms with Crippen molar-refractivity contribution in [2.45, 2.75) is 239 Å². The minimum absolute atomic E-state index is 0. The number of hydrogen-bond acceptors (Lipinski definition) is 2. The molecule has 0 saturated carbocycles. The number of quaternary nitrogens is 1. The van der Waals surface area contributed by atoms with E-state index in [4.69, 9.17) is 4.74 Å². The van der Waals surface area contributed by atoms with Crippen LogP contribution in [0.1, 0.15) is 233 Å². The van der Waals surface area contributed by atoms with E-state index in [2.05, 4.69) is 33.0 Å². The van der Waals surface area contributed by atoms with Gasteiger partial charge in [-0.3, -0.25) is 0 Å². The molecule has 0 heterocycles. The van der Waals surface area contributed by atoms with E-state index in [1.807, 2.05) is 0 Å². The quantitative estimate of drug-likeness (QED) is 0.0546. The highest BCUT2D eigenvalue weighted by Crippen LogP contribution is 2.16. The number of unbranched alkanes of at least 4 members (excludes halogenated alkanes) is 29. The van der Waals surface area contributed by atoms with Gasteiger partial charge in [0.15, 0.2) is 6.54 Å². The van der Waals surface area contributed by atoms with Gasteiger partial charge in [0.1, 0.15) is 0 Å². The van der Waals surface area contributed by atoms with Crippen molar-refractivity contribution in [2.75, 3.05) is 13.2 Å². The summed E-state index contributed by atoms with van der Waals surface area (Å²) < 4.78 is 5.52. The lowest BCUT2D eigenvalue weighted by Crippen LogP contribution is -3.00. The van der Waals surface area contributed by atoms with Crippen LogP contribution < -0.4 is 17.7 Å². The molecule has 0 aliphatic rings. The van der Waals surface area contributed by atoms with Crippen LogP contribution in [0.4, 0.5) is 0 Å². The van der Waals surface area contributed by atoms with Gasteiger partial charge in [-0.15, -0.1) is 0 Å². The Labute approximate surface area is 284 Å². The van der Waals surface area contributed by atoms with Crippen molar-refractivity contribution in [3.63, 3.8) is 0 Å². The largest absolute Gasteiger partial charge is 1.00 e. The van der Waals surface area contributed by atoms with Crippen molar-refractivity contribution < 1.29 is 27.3 Å². The molecule has 0 aromatic carbocycles. The molecule has 3 nitrogen and oxygen atoms in total. The van der Waals surface area contributed by atoms with Gasteiger partial charge in [0, 0.05) is 6.42 Å². The number of rotatable bonds is 36. The topological polar surface area (TPSA) is 42.9 Å². The summed E-state index contributed by atoms with van der Waals surface area (Å²) in [4.78, 5) is 12.2. The summed E-state index contributed by atoms with van der Waals surface area (Å²) in [5.74, 6) is -0.0365. The van der Waals surface area contributed by atoms with E-state index in [-0.39, 0.29) is 23.9 Å². The van der Waals surface area contributed by atoms with Crippen LogP contribution in [0.25, 0.3) is 0 Å². The lowest BCUT2D eigenvalue weighted by Gasteiger charge is -2.22. The second-order valence-electron chi connectivity index (χ2n) is 14.6. The lowest BCUT2D eigenvalue weighted by atomic mass is 9.96. The first kappa shape index (κ1) is 45.8. The van der Waals surface area contributed by atoms with Crippen LogP contribution in [0.5, 0.6) is 0 Å². The first-order chi connectivity index (χ1) is 21.0. The van der Waals surface area contributed by atoms with Gasteiger partial charge in [-0.25, -0.2) is 4.79 Å². The summed E-state index contributed by atoms with van der Waals surface area (Å²) in [7, 11) is 0. The fraction of sp³-hybridized carbons (Fsp3) is 0.975. The minimum Gasteiger partial charge on any atom is -1.00 e. The summed E-state index contributed by atoms with van der Waals surface area (Å²) in [6, 6.07) is 0. The third-order valence-corrected chi connectivity index (χ3v) is 9.51. The van der Waals surface area contributed by atoms with Crippen LogP contribution in [-0.2, 0) is 9.53 Å². The average molecular weight is 645 g/mol. The van der Waals surface area contributed by atoms with E-state index in [1.165, 1.54) is 199 Å². The number of carbonyl (C=O) groups is 1. The molecular weight excluding hydrogens is 562 g/mol. The first-order valence-corrected chi connectivity index (χ1v) is 20.0. The summed E-state index contributed by atoms with van der Waals surface area (Å²) in [6.45, 7) is 10.2. The summed E-state index contributed by atoms with van der Waals surface area (Å²) in [5.41, 5.74) is 0.129. The smallest absolute Gasteiger partial charge is 0.361 e. The molecule has 44 heavy (non-hydrogen) atoms. The molecule has 0 rings (SSSR count). The van der Waals surface area contributed by atoms with Gasteiger partial charge in [-0.1, -0.05) is 200 Å². The maximum Gasteiger partial charge on any atom is 0.361 e. The molecule has 0 aliphatic heterocycles. The normalized spacial score (nSPS) is 11.5. The molecule has 0 bridgehead atoms. The number of hydrogen-bond donors (Lipinski definition) is 1. The van der Waals surface area contributed by atoms with Crippen molar-refractivity contribution in [3.8, 4) is 0 Å². The monoisotopic (exact) mass is 644 g/mol. The Hall–Kier alpha value is -0.280. The highest BCUT2D eigenvalue weighted by molar-refractivity contribution is 5.70. The summed E-state index contributed by atoms with van der Waals surface area (Å²) in [5, 5.41) is 2.20. The van der Waals surface area contributed by atoms with Gasteiger partial charge in [-0.2, -0.15) is 0 Å². The number of nitrogens with two attached hydrogens (primary N) is 1. The fourth-order valence-electron chi connectivity index (χ4n) is 6.31. The van der Waals surface area contributed by atoms with Crippen LogP contribution in [0.2, 0.25) is 0 Å². The van der Waals surface area contributed by atoms with Gasteiger partial charge in [0.2, 0.25) is 0 Å². The predicted octanol–water partition coefficient (Wildman–Crippen LogP) is 9.40. The lowest BCUT2D eigenvalue weighted by molar-refractivity contribution is -0.713. The second-order valence-corrected chi connectivity index (χ2v) is 14.6. The second kappa shape index (κ2) is 37.2. The third kappa shape index (κ3) is 37.9. The van der Waals surface area contributed by atoms with Gasteiger partial charge in [0.25, 0.3) is 0 Å². The Morgan fingerprint density at radius 2 is 0.727 bits per heavy atom. The minimum atomic E-state index is -0.0365.